The number of hydrogen-bond donors (Lipinski definition) is 1. The molecule has 1 amide bonds. The Kier molecular flexibility index (Phi) is 3.40. The molecule has 102 valence electrons. The van der Waals surface area contributed by atoms with E-state index in [1.54, 1.807) is 0 Å². The summed E-state index contributed by atoms with van der Waals surface area (Å²) >= 11 is 1.52. The number of carbonyl (C=O) groups excluding carboxylic acids is 1. The van der Waals surface area contributed by atoms with Crippen molar-refractivity contribution in [2.75, 3.05) is 0 Å². The van der Waals surface area contributed by atoms with Gasteiger partial charge in [0.25, 0.3) is 5.91 Å². The van der Waals surface area contributed by atoms with Crippen LogP contribution in [0.5, 0.6) is 0 Å². The lowest BCUT2D eigenvalue weighted by Crippen LogP contribution is -2.37. The van der Waals surface area contributed by atoms with Gasteiger partial charge >= 0.3 is 0 Å². The first kappa shape index (κ1) is 13.1. The highest BCUT2D eigenvalue weighted by atomic mass is 32.2. The lowest BCUT2D eigenvalue weighted by Gasteiger charge is -2.17. The molecule has 1 atom stereocenters. The van der Waals surface area contributed by atoms with Crippen LogP contribution in [0.1, 0.15) is 16.7 Å². The van der Waals surface area contributed by atoms with Gasteiger partial charge in [-0.2, -0.15) is 10.2 Å². The van der Waals surface area contributed by atoms with E-state index in [0.717, 1.165) is 5.75 Å². The summed E-state index contributed by atoms with van der Waals surface area (Å²) in [6, 6.07) is 6.37. The number of nitrogens with one attached hydrogen (secondary N) is 1. The van der Waals surface area contributed by atoms with Gasteiger partial charge < -0.3 is 5.32 Å². The number of hydrogen-bond acceptors (Lipinski definition) is 5. The maximum atomic E-state index is 11.8. The molecular weight excluding hydrogens is 272 g/mol. The number of aryl methyl sites for hydroxylation is 2. The Hall–Kier alpha value is -1.95. The lowest BCUT2D eigenvalue weighted by molar-refractivity contribution is -0.116. The number of azo groups is 1. The molecule has 5 nitrogen and oxygen atoms in total. The summed E-state index contributed by atoms with van der Waals surface area (Å²) < 4.78 is 0. The molecule has 2 aliphatic heterocycles. The van der Waals surface area contributed by atoms with E-state index >= 15 is 0 Å². The molecule has 3 rings (SSSR count). The van der Waals surface area contributed by atoms with Crippen LogP contribution in [0, 0.1) is 13.8 Å². The van der Waals surface area contributed by atoms with Crippen molar-refractivity contribution in [2.24, 2.45) is 15.2 Å². The van der Waals surface area contributed by atoms with E-state index in [2.05, 4.69) is 52.6 Å². The van der Waals surface area contributed by atoms with Crippen molar-refractivity contribution in [3.8, 4) is 0 Å². The number of amides is 1. The number of thioether (sulfide) groups is 1. The lowest BCUT2D eigenvalue weighted by atomic mass is 10.1. The highest BCUT2D eigenvalue weighted by molar-refractivity contribution is 8.13. The van der Waals surface area contributed by atoms with Gasteiger partial charge in [0, 0.05) is 5.75 Å². The molecule has 2 aliphatic rings. The van der Waals surface area contributed by atoms with Gasteiger partial charge in [-0.15, -0.1) is 0 Å². The molecule has 0 saturated carbocycles. The minimum Gasteiger partial charge on any atom is -0.301 e. The first-order valence-corrected chi connectivity index (χ1v) is 7.30. The standard InChI is InChI=1S/C14H14N4OS/c1-8-3-4-9(2)10(5-8)7-20-14-16-12-11(6-15-18-12)13(19)17-14/h3-6,12H,7H2,1-2H3,(H,16,17,19). The third-order valence-corrected chi connectivity index (χ3v) is 4.18. The molecule has 1 N–H and O–H groups in total. The molecule has 0 fully saturated rings. The van der Waals surface area contributed by atoms with E-state index < -0.39 is 6.17 Å². The molecule has 6 heteroatoms. The third-order valence-electron chi connectivity index (χ3n) is 3.24. The SMILES string of the molecule is Cc1ccc(C)c(CSC2=NC3N=NC=C3C(=O)N2)c1. The van der Waals surface area contributed by atoms with E-state index in [4.69, 9.17) is 0 Å². The Morgan fingerprint density at radius 1 is 1.35 bits per heavy atom. The van der Waals surface area contributed by atoms with Crippen LogP contribution in [0.3, 0.4) is 0 Å². The van der Waals surface area contributed by atoms with Crippen molar-refractivity contribution in [2.45, 2.75) is 25.8 Å². The molecule has 2 heterocycles. The van der Waals surface area contributed by atoms with Crippen molar-refractivity contribution in [1.82, 2.24) is 5.32 Å². The number of amidine groups is 1. The highest BCUT2D eigenvalue weighted by Gasteiger charge is 2.29. The Morgan fingerprint density at radius 3 is 3.05 bits per heavy atom. The zero-order chi connectivity index (χ0) is 14.1. The quantitative estimate of drug-likeness (QED) is 0.908. The van der Waals surface area contributed by atoms with E-state index in [0.29, 0.717) is 10.7 Å². The molecule has 0 radical (unpaired) electrons. The van der Waals surface area contributed by atoms with E-state index in [-0.39, 0.29) is 5.91 Å². The van der Waals surface area contributed by atoms with Crippen LogP contribution in [-0.4, -0.2) is 17.2 Å². The van der Waals surface area contributed by atoms with Crippen molar-refractivity contribution in [1.29, 1.82) is 0 Å². The molecule has 0 aromatic heterocycles. The van der Waals surface area contributed by atoms with Crippen LogP contribution >= 0.6 is 11.8 Å². The fourth-order valence-electron chi connectivity index (χ4n) is 2.05. The molecule has 0 bridgehead atoms. The second-order valence-electron chi connectivity index (χ2n) is 4.80. The first-order valence-electron chi connectivity index (χ1n) is 6.31. The van der Waals surface area contributed by atoms with Crippen molar-refractivity contribution in [3.63, 3.8) is 0 Å². The molecule has 1 unspecified atom stereocenters. The maximum absolute atomic E-state index is 11.8. The van der Waals surface area contributed by atoms with Gasteiger partial charge in [0.2, 0.25) is 0 Å². The fraction of sp³-hybridized carbons (Fsp3) is 0.286. The molecule has 0 spiro atoms. The molecular formula is C14H14N4OS. The minimum absolute atomic E-state index is 0.154. The molecule has 1 aromatic rings. The average molecular weight is 286 g/mol. The van der Waals surface area contributed by atoms with Crippen molar-refractivity contribution < 1.29 is 4.79 Å². The van der Waals surface area contributed by atoms with Crippen LogP contribution in [0.2, 0.25) is 0 Å². The van der Waals surface area contributed by atoms with Gasteiger partial charge in [-0.3, -0.25) is 4.79 Å². The summed E-state index contributed by atoms with van der Waals surface area (Å²) in [5.41, 5.74) is 4.24. The zero-order valence-electron chi connectivity index (χ0n) is 11.3. The van der Waals surface area contributed by atoms with E-state index in [1.165, 1.54) is 34.7 Å². The summed E-state index contributed by atoms with van der Waals surface area (Å²) in [7, 11) is 0. The molecule has 1 aromatic carbocycles. The van der Waals surface area contributed by atoms with Crippen LogP contribution < -0.4 is 5.32 Å². The smallest absolute Gasteiger partial charge is 0.258 e. The summed E-state index contributed by atoms with van der Waals surface area (Å²) in [6.07, 6.45) is 1.01. The van der Waals surface area contributed by atoms with Gasteiger partial charge in [0.1, 0.15) is 0 Å². The van der Waals surface area contributed by atoms with E-state index in [9.17, 15) is 4.79 Å². The Balaban J connectivity index is 1.73. The predicted molar refractivity (Wildman–Crippen MR) is 79.5 cm³/mol. The van der Waals surface area contributed by atoms with Gasteiger partial charge in [-0.25, -0.2) is 4.99 Å². The first-order chi connectivity index (χ1) is 9.63. The molecule has 0 saturated heterocycles. The fourth-order valence-corrected chi connectivity index (χ4v) is 2.99. The maximum Gasteiger partial charge on any atom is 0.258 e. The van der Waals surface area contributed by atoms with Gasteiger partial charge in [0.15, 0.2) is 11.3 Å². The highest BCUT2D eigenvalue weighted by Crippen LogP contribution is 2.24. The summed E-state index contributed by atoms with van der Waals surface area (Å²) in [5.74, 6) is 0.619. The zero-order valence-corrected chi connectivity index (χ0v) is 12.1. The van der Waals surface area contributed by atoms with Gasteiger partial charge in [0.05, 0.1) is 11.8 Å². The predicted octanol–water partition coefficient (Wildman–Crippen LogP) is 2.70. The average Bonchev–Trinajstić information content (AvgIpc) is 2.89. The van der Waals surface area contributed by atoms with Crippen molar-refractivity contribution >= 4 is 22.8 Å². The third kappa shape index (κ3) is 2.51. The topological polar surface area (TPSA) is 66.2 Å². The number of rotatable bonds is 2. The number of carbonyl (C=O) groups is 1. The van der Waals surface area contributed by atoms with Crippen molar-refractivity contribution in [3.05, 3.63) is 46.7 Å². The number of fused-ring (bicyclic) bond motifs is 1. The summed E-state index contributed by atoms with van der Waals surface area (Å²) in [6.45, 7) is 4.16. The van der Waals surface area contributed by atoms with Crippen LogP contribution in [0.15, 0.2) is 45.2 Å². The second kappa shape index (κ2) is 5.20. The van der Waals surface area contributed by atoms with Crippen LogP contribution in [0.4, 0.5) is 0 Å². The Morgan fingerprint density at radius 2 is 2.20 bits per heavy atom. The number of aliphatic imine (C=N–C) groups is 1. The number of benzene rings is 1. The van der Waals surface area contributed by atoms with Crippen LogP contribution in [0.25, 0.3) is 0 Å². The normalized spacial score (nSPS) is 20.3. The minimum atomic E-state index is -0.454. The Labute approximate surface area is 121 Å². The monoisotopic (exact) mass is 286 g/mol. The van der Waals surface area contributed by atoms with Crippen LogP contribution in [-0.2, 0) is 10.5 Å². The van der Waals surface area contributed by atoms with Gasteiger partial charge in [-0.05, 0) is 25.0 Å². The Bertz CT molecular complexity index is 663. The summed E-state index contributed by atoms with van der Waals surface area (Å²) in [4.78, 5) is 16.2. The number of nitrogens with zero attached hydrogens (tertiary/aromatic N) is 3. The molecule has 20 heavy (non-hydrogen) atoms. The second-order valence-corrected chi connectivity index (χ2v) is 5.76. The largest absolute Gasteiger partial charge is 0.301 e. The van der Waals surface area contributed by atoms with E-state index in [1.807, 2.05) is 0 Å². The summed E-state index contributed by atoms with van der Waals surface area (Å²) in [5, 5.41) is 11.0. The molecule has 0 aliphatic carbocycles. The van der Waals surface area contributed by atoms with Gasteiger partial charge in [-0.1, -0.05) is 35.5 Å².